The van der Waals surface area contributed by atoms with E-state index in [1.54, 1.807) is 24.4 Å². The van der Waals surface area contributed by atoms with Crippen LogP contribution in [0, 0.1) is 6.92 Å². The number of hydrazone groups is 1. The molecule has 2 aromatic rings. The minimum absolute atomic E-state index is 0.0744. The highest BCUT2D eigenvalue weighted by Crippen LogP contribution is 2.57. The Hall–Kier alpha value is -2.44. The van der Waals surface area contributed by atoms with Gasteiger partial charge in [-0.3, -0.25) is 0 Å². The lowest BCUT2D eigenvalue weighted by molar-refractivity contribution is -0.159. The largest absolute Gasteiger partial charge is 0.409 e. The van der Waals surface area contributed by atoms with Crippen molar-refractivity contribution < 1.29 is 31.1 Å². The SMILES string of the molecule is Cc1cc(C2=NSC(c3cc(Cl)cc(Cl)c3)(C(F)(F)F)C2)ccc1/C=N/NC(=O)NCC(F)(F)F. The van der Waals surface area contributed by atoms with Gasteiger partial charge in [-0.25, -0.2) is 14.6 Å². The Kier molecular flexibility index (Phi) is 7.97. The summed E-state index contributed by atoms with van der Waals surface area (Å²) < 4.78 is 80.7. The summed E-state index contributed by atoms with van der Waals surface area (Å²) in [5, 5.41) is 5.32. The lowest BCUT2D eigenvalue weighted by Crippen LogP contribution is -2.38. The topological polar surface area (TPSA) is 65.8 Å². The number of carbonyl (C=O) groups is 1. The fourth-order valence-electron chi connectivity index (χ4n) is 3.23. The van der Waals surface area contributed by atoms with Gasteiger partial charge in [-0.15, -0.1) is 0 Å². The number of hydrogen-bond donors (Lipinski definition) is 2. The number of halogens is 8. The quantitative estimate of drug-likeness (QED) is 0.184. The highest BCUT2D eigenvalue weighted by atomic mass is 35.5. The van der Waals surface area contributed by atoms with Crippen molar-refractivity contribution in [2.75, 3.05) is 6.54 Å². The molecule has 2 N–H and O–H groups in total. The summed E-state index contributed by atoms with van der Waals surface area (Å²) >= 11 is 12.3. The highest BCUT2D eigenvalue weighted by Gasteiger charge is 2.60. The highest BCUT2D eigenvalue weighted by molar-refractivity contribution is 7.99. The minimum atomic E-state index is -4.66. The molecule has 1 atom stereocenters. The van der Waals surface area contributed by atoms with Crippen molar-refractivity contribution in [3.05, 3.63) is 68.7 Å². The number of nitrogens with one attached hydrogen (secondary N) is 2. The molecular weight excluding hydrogens is 541 g/mol. The molecule has 188 valence electrons. The normalized spacial score (nSPS) is 18.6. The maximum atomic E-state index is 14.2. The smallest absolute Gasteiger partial charge is 0.328 e. The van der Waals surface area contributed by atoms with Gasteiger partial charge in [0.05, 0.1) is 11.9 Å². The van der Waals surface area contributed by atoms with Gasteiger partial charge in [0.25, 0.3) is 0 Å². The van der Waals surface area contributed by atoms with Crippen molar-refractivity contribution in [2.45, 2.75) is 30.4 Å². The van der Waals surface area contributed by atoms with E-state index < -0.39 is 36.1 Å². The summed E-state index contributed by atoms with van der Waals surface area (Å²) in [6, 6.07) is 7.31. The molecule has 35 heavy (non-hydrogen) atoms. The number of rotatable bonds is 5. The van der Waals surface area contributed by atoms with E-state index in [4.69, 9.17) is 23.2 Å². The third-order valence-corrected chi connectivity index (χ3v) is 6.61. The second-order valence-electron chi connectivity index (χ2n) is 7.53. The Morgan fingerprint density at radius 1 is 1.14 bits per heavy atom. The van der Waals surface area contributed by atoms with Crippen molar-refractivity contribution in [1.82, 2.24) is 10.7 Å². The van der Waals surface area contributed by atoms with Gasteiger partial charge < -0.3 is 5.32 Å². The standard InChI is InChI=1S/C21H16Cl2F6N4OS/c1-11-4-12(2-3-13(11)9-31-32-18(34)30-10-20(24,25)26)17-8-19(35-33-17,21(27,28)29)14-5-15(22)7-16(23)6-14/h2-7,9H,8,10H2,1H3,(H2,30,32,34)/b31-9+. The Morgan fingerprint density at radius 3 is 2.37 bits per heavy atom. The summed E-state index contributed by atoms with van der Waals surface area (Å²) in [5.41, 5.74) is 3.52. The molecule has 1 aliphatic rings. The van der Waals surface area contributed by atoms with Crippen molar-refractivity contribution in [3.8, 4) is 0 Å². The molecule has 0 radical (unpaired) electrons. The summed E-state index contributed by atoms with van der Waals surface area (Å²) in [6.45, 7) is 0.147. The van der Waals surface area contributed by atoms with Crippen molar-refractivity contribution >= 4 is 53.1 Å². The number of urea groups is 1. The second kappa shape index (κ2) is 10.3. The number of benzene rings is 2. The molecule has 5 nitrogen and oxygen atoms in total. The van der Waals surface area contributed by atoms with Crippen LogP contribution in [0.1, 0.15) is 28.7 Å². The van der Waals surface area contributed by atoms with Crippen LogP contribution in [0.4, 0.5) is 31.1 Å². The second-order valence-corrected chi connectivity index (χ2v) is 9.46. The van der Waals surface area contributed by atoms with Gasteiger partial charge in [-0.05, 0) is 65.4 Å². The third kappa shape index (κ3) is 6.62. The molecule has 1 aliphatic heterocycles. The van der Waals surface area contributed by atoms with Crippen LogP contribution in [0.15, 0.2) is 45.9 Å². The number of hydrogen-bond acceptors (Lipinski definition) is 4. The van der Waals surface area contributed by atoms with E-state index in [0.29, 0.717) is 28.6 Å². The molecule has 2 amide bonds. The number of alkyl halides is 6. The first-order valence-corrected chi connectivity index (χ1v) is 11.3. The zero-order chi connectivity index (χ0) is 26.0. The number of aryl methyl sites for hydroxylation is 1. The fourth-order valence-corrected chi connectivity index (χ4v) is 4.72. The van der Waals surface area contributed by atoms with E-state index in [9.17, 15) is 31.1 Å². The average molecular weight is 557 g/mol. The van der Waals surface area contributed by atoms with Crippen LogP contribution in [0.3, 0.4) is 0 Å². The van der Waals surface area contributed by atoms with Crippen LogP contribution in [0.5, 0.6) is 0 Å². The zero-order valence-electron chi connectivity index (χ0n) is 17.7. The first kappa shape index (κ1) is 27.2. The van der Waals surface area contributed by atoms with Crippen LogP contribution in [-0.2, 0) is 4.75 Å². The van der Waals surface area contributed by atoms with Gasteiger partial charge in [-0.2, -0.15) is 31.4 Å². The Morgan fingerprint density at radius 2 is 1.80 bits per heavy atom. The van der Waals surface area contributed by atoms with Gasteiger partial charge in [0.2, 0.25) is 0 Å². The Labute approximate surface area is 210 Å². The Bertz CT molecular complexity index is 1170. The van der Waals surface area contributed by atoms with E-state index in [0.717, 1.165) is 0 Å². The summed E-state index contributed by atoms with van der Waals surface area (Å²) in [4.78, 5) is 11.3. The van der Waals surface area contributed by atoms with E-state index in [1.807, 2.05) is 5.43 Å². The van der Waals surface area contributed by atoms with Crippen molar-refractivity contribution in [2.24, 2.45) is 9.50 Å². The van der Waals surface area contributed by atoms with E-state index >= 15 is 0 Å². The molecule has 0 aromatic heterocycles. The van der Waals surface area contributed by atoms with Gasteiger partial charge in [-0.1, -0.05) is 35.3 Å². The third-order valence-electron chi connectivity index (χ3n) is 4.94. The molecule has 3 rings (SSSR count). The maximum absolute atomic E-state index is 14.2. The molecule has 0 fully saturated rings. The summed E-state index contributed by atoms with van der Waals surface area (Å²) in [7, 11) is 0. The van der Waals surface area contributed by atoms with Gasteiger partial charge >= 0.3 is 18.4 Å². The van der Waals surface area contributed by atoms with Crippen LogP contribution >= 0.6 is 35.1 Å². The monoisotopic (exact) mass is 556 g/mol. The van der Waals surface area contributed by atoms with Gasteiger partial charge in [0.1, 0.15) is 6.54 Å². The lowest BCUT2D eigenvalue weighted by Gasteiger charge is -2.30. The molecule has 0 saturated heterocycles. The first-order chi connectivity index (χ1) is 16.2. The predicted octanol–water partition coefficient (Wildman–Crippen LogP) is 6.80. The van der Waals surface area contributed by atoms with E-state index in [2.05, 4.69) is 9.50 Å². The van der Waals surface area contributed by atoms with Crippen LogP contribution in [0.2, 0.25) is 10.0 Å². The minimum Gasteiger partial charge on any atom is -0.328 e. The number of nitrogens with zero attached hydrogens (tertiary/aromatic N) is 2. The molecule has 1 unspecified atom stereocenters. The molecule has 14 heteroatoms. The maximum Gasteiger partial charge on any atom is 0.409 e. The molecule has 0 bridgehead atoms. The molecule has 0 spiro atoms. The first-order valence-electron chi connectivity index (χ1n) is 9.73. The molecule has 0 aliphatic carbocycles. The summed E-state index contributed by atoms with van der Waals surface area (Å²) in [5.74, 6) is 0. The Balaban J connectivity index is 1.75. The van der Waals surface area contributed by atoms with E-state index in [-0.39, 0.29) is 21.3 Å². The number of carbonyl (C=O) groups excluding carboxylic acids is 1. The van der Waals surface area contributed by atoms with Gasteiger partial charge in [0, 0.05) is 16.5 Å². The van der Waals surface area contributed by atoms with Crippen molar-refractivity contribution in [3.63, 3.8) is 0 Å². The van der Waals surface area contributed by atoms with Crippen LogP contribution in [0.25, 0.3) is 0 Å². The summed E-state index contributed by atoms with van der Waals surface area (Å²) in [6.07, 6.45) is -8.47. The fraction of sp³-hybridized carbons (Fsp3) is 0.286. The average Bonchev–Trinajstić information content (AvgIpc) is 3.19. The van der Waals surface area contributed by atoms with Crippen molar-refractivity contribution in [1.29, 1.82) is 0 Å². The van der Waals surface area contributed by atoms with Crippen LogP contribution < -0.4 is 10.7 Å². The van der Waals surface area contributed by atoms with Crippen LogP contribution in [-0.4, -0.2) is 36.9 Å². The zero-order valence-corrected chi connectivity index (χ0v) is 20.0. The predicted molar refractivity (Wildman–Crippen MR) is 124 cm³/mol. The molecule has 0 saturated carbocycles. The van der Waals surface area contributed by atoms with E-state index in [1.165, 1.54) is 30.5 Å². The lowest BCUT2D eigenvalue weighted by atomic mass is 9.89. The molecule has 2 aromatic carbocycles. The molecule has 1 heterocycles. The van der Waals surface area contributed by atoms with Gasteiger partial charge in [0.15, 0.2) is 4.75 Å². The number of amides is 2. The molecular formula is C21H16Cl2F6N4OS.